The first-order valence-electron chi connectivity index (χ1n) is 8.81. The lowest BCUT2D eigenvalue weighted by atomic mass is 9.68. The normalized spacial score (nSPS) is 16.2. The molecule has 0 radical (unpaired) electrons. The molecule has 1 fully saturated rings. The Kier molecular flexibility index (Phi) is 5.59. The maximum atomic E-state index is 13.2. The molecule has 0 aliphatic heterocycles. The summed E-state index contributed by atoms with van der Waals surface area (Å²) in [4.78, 5) is 17.4. The minimum atomic E-state index is -0.574. The number of carbonyl (C=O) groups is 1. The van der Waals surface area contributed by atoms with Crippen molar-refractivity contribution in [2.75, 3.05) is 11.9 Å². The average Bonchev–Trinajstić information content (AvgIpc) is 2.64. The van der Waals surface area contributed by atoms with Crippen LogP contribution in [0.15, 0.2) is 42.6 Å². The van der Waals surface area contributed by atoms with E-state index in [1.807, 2.05) is 37.3 Å². The molecule has 0 atom stereocenters. The lowest BCUT2D eigenvalue weighted by Gasteiger charge is -2.37. The number of amides is 1. The van der Waals surface area contributed by atoms with Crippen molar-refractivity contribution in [1.29, 1.82) is 0 Å². The molecule has 0 unspecified atom stereocenters. The van der Waals surface area contributed by atoms with Crippen LogP contribution in [-0.2, 0) is 10.2 Å². The molecule has 0 saturated heterocycles. The van der Waals surface area contributed by atoms with Crippen molar-refractivity contribution in [1.82, 2.24) is 4.98 Å². The quantitative estimate of drug-likeness (QED) is 0.820. The van der Waals surface area contributed by atoms with Gasteiger partial charge in [0, 0.05) is 11.1 Å². The van der Waals surface area contributed by atoms with E-state index in [-0.39, 0.29) is 5.91 Å². The van der Waals surface area contributed by atoms with Crippen LogP contribution in [0.2, 0.25) is 5.02 Å². The number of rotatable bonds is 5. The molecule has 1 aromatic carbocycles. The average molecular weight is 359 g/mol. The maximum absolute atomic E-state index is 13.2. The van der Waals surface area contributed by atoms with Gasteiger partial charge in [0.25, 0.3) is 0 Å². The van der Waals surface area contributed by atoms with Gasteiger partial charge in [-0.25, -0.2) is 4.98 Å². The SMILES string of the molecule is CCOc1ccc(NC(=O)C2(c3ccccc3Cl)CCCCC2)cn1. The lowest BCUT2D eigenvalue weighted by Crippen LogP contribution is -2.42. The summed E-state index contributed by atoms with van der Waals surface area (Å²) in [5, 5.41) is 3.69. The number of nitrogens with zero attached hydrogens (tertiary/aromatic N) is 1. The van der Waals surface area contributed by atoms with Gasteiger partial charge in [-0.1, -0.05) is 49.1 Å². The first-order chi connectivity index (χ1) is 12.2. The molecule has 1 aromatic heterocycles. The molecule has 1 N–H and O–H groups in total. The Morgan fingerprint density at radius 2 is 1.96 bits per heavy atom. The Hall–Kier alpha value is -2.07. The smallest absolute Gasteiger partial charge is 0.235 e. The van der Waals surface area contributed by atoms with Crippen LogP contribution in [0.3, 0.4) is 0 Å². The van der Waals surface area contributed by atoms with E-state index in [9.17, 15) is 4.79 Å². The number of aromatic nitrogens is 1. The zero-order chi connectivity index (χ0) is 17.7. The fourth-order valence-corrected chi connectivity index (χ4v) is 3.88. The fourth-order valence-electron chi connectivity index (χ4n) is 3.56. The van der Waals surface area contributed by atoms with Crippen LogP contribution in [0.5, 0.6) is 5.88 Å². The van der Waals surface area contributed by atoms with Crippen LogP contribution in [0, 0.1) is 0 Å². The number of benzene rings is 1. The summed E-state index contributed by atoms with van der Waals surface area (Å²) in [5.41, 5.74) is 1.02. The standard InChI is InChI=1S/C20H23ClN2O2/c1-2-25-18-11-10-15(14-22-18)23-19(24)20(12-6-3-7-13-20)16-8-4-5-9-17(16)21/h4-5,8-11,14H,2-3,6-7,12-13H2,1H3,(H,23,24). The van der Waals surface area contributed by atoms with Crippen LogP contribution in [0.25, 0.3) is 0 Å². The summed E-state index contributed by atoms with van der Waals surface area (Å²) in [7, 11) is 0. The minimum absolute atomic E-state index is 0.00809. The second-order valence-electron chi connectivity index (χ2n) is 6.39. The molecule has 1 aliphatic carbocycles. The lowest BCUT2D eigenvalue weighted by molar-refractivity contribution is -0.122. The summed E-state index contributed by atoms with van der Waals surface area (Å²) < 4.78 is 5.35. The zero-order valence-electron chi connectivity index (χ0n) is 14.4. The van der Waals surface area contributed by atoms with Crippen molar-refractivity contribution >= 4 is 23.2 Å². The Morgan fingerprint density at radius 1 is 1.20 bits per heavy atom. The Labute approximate surface area is 153 Å². The molecular formula is C20H23ClN2O2. The van der Waals surface area contributed by atoms with Crippen molar-refractivity contribution in [2.24, 2.45) is 0 Å². The highest BCUT2D eigenvalue weighted by Gasteiger charge is 2.42. The number of hydrogen-bond donors (Lipinski definition) is 1. The summed E-state index contributed by atoms with van der Waals surface area (Å²) in [6.45, 7) is 2.47. The molecule has 5 heteroatoms. The highest BCUT2D eigenvalue weighted by Crippen LogP contribution is 2.43. The van der Waals surface area contributed by atoms with E-state index in [2.05, 4.69) is 10.3 Å². The minimum Gasteiger partial charge on any atom is -0.478 e. The van der Waals surface area contributed by atoms with E-state index in [0.29, 0.717) is 23.2 Å². The van der Waals surface area contributed by atoms with Crippen molar-refractivity contribution in [3.8, 4) is 5.88 Å². The molecule has 1 aliphatic rings. The van der Waals surface area contributed by atoms with Crippen LogP contribution in [0.1, 0.15) is 44.6 Å². The summed E-state index contributed by atoms with van der Waals surface area (Å²) in [6.07, 6.45) is 6.47. The van der Waals surface area contributed by atoms with Gasteiger partial charge in [0.2, 0.25) is 11.8 Å². The third kappa shape index (κ3) is 3.79. The molecule has 1 heterocycles. The van der Waals surface area contributed by atoms with Gasteiger partial charge in [0.05, 0.1) is 23.9 Å². The summed E-state index contributed by atoms with van der Waals surface area (Å²) in [6, 6.07) is 11.3. The van der Waals surface area contributed by atoms with Gasteiger partial charge in [0.1, 0.15) is 0 Å². The molecule has 0 spiro atoms. The third-order valence-corrected chi connectivity index (χ3v) is 5.15. The molecule has 0 bridgehead atoms. The highest BCUT2D eigenvalue weighted by molar-refractivity contribution is 6.31. The van der Waals surface area contributed by atoms with Gasteiger partial charge in [0.15, 0.2) is 0 Å². The predicted octanol–water partition coefficient (Wildman–Crippen LogP) is 4.97. The number of pyridine rings is 1. The van der Waals surface area contributed by atoms with E-state index < -0.39 is 5.41 Å². The topological polar surface area (TPSA) is 51.2 Å². The van der Waals surface area contributed by atoms with Crippen molar-refractivity contribution < 1.29 is 9.53 Å². The van der Waals surface area contributed by atoms with Crippen molar-refractivity contribution in [2.45, 2.75) is 44.4 Å². The van der Waals surface area contributed by atoms with E-state index in [1.54, 1.807) is 12.3 Å². The maximum Gasteiger partial charge on any atom is 0.235 e. The van der Waals surface area contributed by atoms with Crippen LogP contribution in [-0.4, -0.2) is 17.5 Å². The zero-order valence-corrected chi connectivity index (χ0v) is 15.2. The number of ether oxygens (including phenoxy) is 1. The monoisotopic (exact) mass is 358 g/mol. The van der Waals surface area contributed by atoms with Crippen LogP contribution >= 0.6 is 11.6 Å². The Balaban J connectivity index is 1.86. The number of hydrogen-bond acceptors (Lipinski definition) is 3. The molecular weight excluding hydrogens is 336 g/mol. The predicted molar refractivity (Wildman–Crippen MR) is 100 cm³/mol. The van der Waals surface area contributed by atoms with Gasteiger partial charge in [-0.3, -0.25) is 4.79 Å². The fraction of sp³-hybridized carbons (Fsp3) is 0.400. The van der Waals surface area contributed by atoms with Gasteiger partial charge >= 0.3 is 0 Å². The number of carbonyl (C=O) groups excluding carboxylic acids is 1. The van der Waals surface area contributed by atoms with Crippen molar-refractivity contribution in [3.05, 3.63) is 53.2 Å². The van der Waals surface area contributed by atoms with Crippen LogP contribution < -0.4 is 10.1 Å². The number of halogens is 1. The molecule has 132 valence electrons. The van der Waals surface area contributed by atoms with Gasteiger partial charge in [-0.05, 0) is 37.5 Å². The molecule has 1 amide bonds. The second kappa shape index (κ2) is 7.87. The highest BCUT2D eigenvalue weighted by atomic mass is 35.5. The largest absolute Gasteiger partial charge is 0.478 e. The van der Waals surface area contributed by atoms with Gasteiger partial charge in [-0.2, -0.15) is 0 Å². The first-order valence-corrected chi connectivity index (χ1v) is 9.19. The number of nitrogens with one attached hydrogen (secondary N) is 1. The van der Waals surface area contributed by atoms with E-state index in [0.717, 1.165) is 37.7 Å². The van der Waals surface area contributed by atoms with Crippen molar-refractivity contribution in [3.63, 3.8) is 0 Å². The van der Waals surface area contributed by atoms with Crippen LogP contribution in [0.4, 0.5) is 5.69 Å². The van der Waals surface area contributed by atoms with Gasteiger partial charge in [-0.15, -0.1) is 0 Å². The molecule has 25 heavy (non-hydrogen) atoms. The molecule has 1 saturated carbocycles. The summed E-state index contributed by atoms with van der Waals surface area (Å²) >= 11 is 6.44. The molecule has 2 aromatic rings. The molecule has 4 nitrogen and oxygen atoms in total. The number of anilines is 1. The Morgan fingerprint density at radius 3 is 2.60 bits per heavy atom. The third-order valence-electron chi connectivity index (χ3n) is 4.82. The summed E-state index contributed by atoms with van der Waals surface area (Å²) in [5.74, 6) is 0.547. The van der Waals surface area contributed by atoms with Gasteiger partial charge < -0.3 is 10.1 Å². The molecule has 3 rings (SSSR count). The Bertz CT molecular complexity index is 725. The van der Waals surface area contributed by atoms with E-state index in [1.165, 1.54) is 0 Å². The second-order valence-corrected chi connectivity index (χ2v) is 6.80. The first kappa shape index (κ1) is 17.7. The van der Waals surface area contributed by atoms with E-state index in [4.69, 9.17) is 16.3 Å². The van der Waals surface area contributed by atoms with E-state index >= 15 is 0 Å².